The molecule has 0 aliphatic carbocycles. The van der Waals surface area contributed by atoms with Gasteiger partial charge in [0.05, 0.1) is 11.4 Å². The number of aromatic nitrogens is 4. The van der Waals surface area contributed by atoms with E-state index in [9.17, 15) is 0 Å². The van der Waals surface area contributed by atoms with Gasteiger partial charge < -0.3 is 0 Å². The van der Waals surface area contributed by atoms with Crippen molar-refractivity contribution in [1.82, 2.24) is 19.7 Å². The Bertz CT molecular complexity index is 897. The topological polar surface area (TPSA) is 56.0 Å². The first-order valence-corrected chi connectivity index (χ1v) is 7.28. The lowest BCUT2D eigenvalue weighted by Crippen LogP contribution is -2.11. The number of fused-ring (bicyclic) bond motifs is 3. The van der Waals surface area contributed by atoms with Crippen LogP contribution in [0.1, 0.15) is 22.6 Å². The summed E-state index contributed by atoms with van der Waals surface area (Å²) in [5.41, 5.74) is 4.68. The fourth-order valence-corrected chi connectivity index (χ4v) is 2.79. The molecule has 0 unspecified atom stereocenters. The van der Waals surface area contributed by atoms with Gasteiger partial charge in [0.2, 0.25) is 0 Å². The second-order valence-electron chi connectivity index (χ2n) is 5.10. The second kappa shape index (κ2) is 5.03. The predicted octanol–water partition coefficient (Wildman–Crippen LogP) is 2.98. The monoisotopic (exact) mass is 309 g/mol. The highest BCUT2D eigenvalue weighted by Crippen LogP contribution is 2.25. The number of pyridine rings is 1. The van der Waals surface area contributed by atoms with Crippen LogP contribution in [0.25, 0.3) is 5.69 Å². The van der Waals surface area contributed by atoms with Crippen LogP contribution in [0.4, 0.5) is 0 Å². The van der Waals surface area contributed by atoms with Crippen molar-refractivity contribution in [2.45, 2.75) is 13.5 Å². The fraction of sp³-hybridized carbons (Fsp3) is 0.125. The minimum atomic E-state index is 0.441. The Balaban J connectivity index is 2.01. The zero-order valence-electron chi connectivity index (χ0n) is 11.9. The molecule has 1 aliphatic rings. The summed E-state index contributed by atoms with van der Waals surface area (Å²) < 4.78 is 1.91. The van der Waals surface area contributed by atoms with E-state index in [2.05, 4.69) is 28.2 Å². The summed E-state index contributed by atoms with van der Waals surface area (Å²) in [6.07, 6.45) is 1.68. The largest absolute Gasteiger partial charge is 0.282 e. The maximum atomic E-state index is 6.12. The van der Waals surface area contributed by atoms with Crippen molar-refractivity contribution >= 4 is 17.3 Å². The Morgan fingerprint density at radius 1 is 1.14 bits per heavy atom. The van der Waals surface area contributed by atoms with E-state index in [0.717, 1.165) is 34.0 Å². The molecule has 22 heavy (non-hydrogen) atoms. The molecule has 0 N–H and O–H groups in total. The summed E-state index contributed by atoms with van der Waals surface area (Å²) in [5.74, 6) is 0.786. The molecule has 108 valence electrons. The van der Waals surface area contributed by atoms with Crippen LogP contribution in [0.15, 0.2) is 47.7 Å². The van der Waals surface area contributed by atoms with E-state index in [1.165, 1.54) is 0 Å². The lowest BCUT2D eigenvalue weighted by molar-refractivity contribution is 0.869. The van der Waals surface area contributed by atoms with E-state index >= 15 is 0 Å². The van der Waals surface area contributed by atoms with Gasteiger partial charge in [-0.25, -0.2) is 4.98 Å². The number of nitrogens with zero attached hydrogens (tertiary/aromatic N) is 5. The van der Waals surface area contributed by atoms with Gasteiger partial charge in [-0.15, -0.1) is 10.2 Å². The highest BCUT2D eigenvalue weighted by molar-refractivity contribution is 6.30. The van der Waals surface area contributed by atoms with Crippen LogP contribution in [0.2, 0.25) is 5.15 Å². The molecule has 3 aromatic rings. The Hall–Kier alpha value is -2.53. The van der Waals surface area contributed by atoms with Crippen LogP contribution in [0, 0.1) is 6.92 Å². The minimum absolute atomic E-state index is 0.441. The molecule has 2 aromatic heterocycles. The molecule has 1 aliphatic heterocycles. The van der Waals surface area contributed by atoms with Crippen LogP contribution in [0.5, 0.6) is 0 Å². The number of hydrogen-bond acceptors (Lipinski definition) is 4. The quantitative estimate of drug-likeness (QED) is 0.649. The van der Waals surface area contributed by atoms with Crippen molar-refractivity contribution in [2.75, 3.05) is 0 Å². The first-order valence-electron chi connectivity index (χ1n) is 6.90. The lowest BCUT2D eigenvalue weighted by atomic mass is 10.0. The molecular weight excluding hydrogens is 298 g/mol. The Morgan fingerprint density at radius 2 is 2.00 bits per heavy atom. The lowest BCUT2D eigenvalue weighted by Gasteiger charge is -2.12. The predicted molar refractivity (Wildman–Crippen MR) is 84.7 cm³/mol. The van der Waals surface area contributed by atoms with E-state index in [-0.39, 0.29) is 0 Å². The first-order chi connectivity index (χ1) is 10.7. The van der Waals surface area contributed by atoms with Crippen molar-refractivity contribution in [2.24, 2.45) is 4.99 Å². The van der Waals surface area contributed by atoms with Crippen molar-refractivity contribution in [1.29, 1.82) is 0 Å². The smallest absolute Gasteiger partial charge is 0.159 e. The summed E-state index contributed by atoms with van der Waals surface area (Å²) in [5, 5.41) is 8.54. The van der Waals surface area contributed by atoms with Gasteiger partial charge in [-0.05, 0) is 24.6 Å². The normalized spacial score (nSPS) is 13.1. The second-order valence-corrected chi connectivity index (χ2v) is 5.49. The van der Waals surface area contributed by atoms with E-state index in [4.69, 9.17) is 16.6 Å². The van der Waals surface area contributed by atoms with Crippen molar-refractivity contribution in [3.05, 3.63) is 70.5 Å². The third-order valence-corrected chi connectivity index (χ3v) is 3.93. The van der Waals surface area contributed by atoms with Crippen LogP contribution in [-0.4, -0.2) is 25.5 Å². The highest BCUT2D eigenvalue weighted by Gasteiger charge is 2.22. The molecule has 4 rings (SSSR count). The summed E-state index contributed by atoms with van der Waals surface area (Å²) >= 11 is 6.12. The Kier molecular flexibility index (Phi) is 3.01. The first kappa shape index (κ1) is 13.2. The van der Waals surface area contributed by atoms with Gasteiger partial charge >= 0.3 is 0 Å². The standard InChI is InChI=1S/C16H12ClN5/c1-10-4-2-3-5-11(10)15-16-12(6-7-13(17)20-16)22-9-19-21-14(22)8-18-15/h2-7,9H,8H2,1H3. The number of benzene rings is 1. The molecule has 0 saturated heterocycles. The van der Waals surface area contributed by atoms with Crippen molar-refractivity contribution in [3.8, 4) is 5.69 Å². The van der Waals surface area contributed by atoms with E-state index in [0.29, 0.717) is 11.7 Å². The van der Waals surface area contributed by atoms with Gasteiger partial charge in [0.25, 0.3) is 0 Å². The molecule has 5 nitrogen and oxygen atoms in total. The van der Waals surface area contributed by atoms with Crippen LogP contribution in [-0.2, 0) is 6.54 Å². The van der Waals surface area contributed by atoms with Gasteiger partial charge in [0, 0.05) is 5.56 Å². The number of hydrogen-bond donors (Lipinski definition) is 0. The van der Waals surface area contributed by atoms with Crippen LogP contribution >= 0.6 is 11.6 Å². The molecule has 0 radical (unpaired) electrons. The zero-order valence-corrected chi connectivity index (χ0v) is 12.6. The summed E-state index contributed by atoms with van der Waals surface area (Å²) in [4.78, 5) is 9.23. The Morgan fingerprint density at radius 3 is 2.86 bits per heavy atom. The number of rotatable bonds is 1. The molecular formula is C16H12ClN5. The number of halogens is 1. The maximum Gasteiger partial charge on any atom is 0.159 e. The summed E-state index contributed by atoms with van der Waals surface area (Å²) in [7, 11) is 0. The van der Waals surface area contributed by atoms with E-state index in [1.54, 1.807) is 12.4 Å². The third-order valence-electron chi connectivity index (χ3n) is 3.72. The molecule has 3 heterocycles. The average molecular weight is 310 g/mol. The van der Waals surface area contributed by atoms with Crippen molar-refractivity contribution < 1.29 is 0 Å². The molecule has 0 amide bonds. The van der Waals surface area contributed by atoms with E-state index < -0.39 is 0 Å². The molecule has 0 fully saturated rings. The van der Waals surface area contributed by atoms with Gasteiger partial charge in [0.1, 0.15) is 23.7 Å². The summed E-state index contributed by atoms with van der Waals surface area (Å²) in [6, 6.07) is 11.8. The number of aliphatic imine (C=N–C) groups is 1. The Labute approximate surface area is 132 Å². The molecule has 0 bridgehead atoms. The third kappa shape index (κ3) is 2.02. The molecule has 0 saturated carbocycles. The van der Waals surface area contributed by atoms with Crippen molar-refractivity contribution in [3.63, 3.8) is 0 Å². The van der Waals surface area contributed by atoms with Gasteiger partial charge in [-0.1, -0.05) is 35.9 Å². The molecule has 6 heteroatoms. The molecule has 0 spiro atoms. The molecule has 0 atom stereocenters. The number of aryl methyl sites for hydroxylation is 1. The van der Waals surface area contributed by atoms with Gasteiger partial charge in [0.15, 0.2) is 5.82 Å². The minimum Gasteiger partial charge on any atom is -0.282 e. The zero-order chi connectivity index (χ0) is 15.1. The maximum absolute atomic E-state index is 6.12. The fourth-order valence-electron chi connectivity index (χ4n) is 2.64. The van der Waals surface area contributed by atoms with Crippen LogP contribution in [0.3, 0.4) is 0 Å². The molecule has 1 aromatic carbocycles. The summed E-state index contributed by atoms with van der Waals surface area (Å²) in [6.45, 7) is 2.52. The SMILES string of the molecule is Cc1ccccc1C1=NCc2nncn2-c2ccc(Cl)nc21. The van der Waals surface area contributed by atoms with Gasteiger partial charge in [-0.2, -0.15) is 0 Å². The van der Waals surface area contributed by atoms with Crippen LogP contribution < -0.4 is 0 Å². The highest BCUT2D eigenvalue weighted by atomic mass is 35.5. The van der Waals surface area contributed by atoms with Gasteiger partial charge in [-0.3, -0.25) is 9.56 Å². The average Bonchev–Trinajstić information content (AvgIpc) is 2.92. The van der Waals surface area contributed by atoms with E-state index in [1.807, 2.05) is 28.8 Å².